The van der Waals surface area contributed by atoms with Crippen molar-refractivity contribution in [3.8, 4) is 17.0 Å². The van der Waals surface area contributed by atoms with Crippen LogP contribution in [0.5, 0.6) is 5.75 Å². The topological polar surface area (TPSA) is 47.0 Å². The summed E-state index contributed by atoms with van der Waals surface area (Å²) < 4.78 is 32.4. The van der Waals surface area contributed by atoms with E-state index in [2.05, 4.69) is 15.3 Å². The Bertz CT molecular complexity index is 605. The second kappa shape index (κ2) is 6.27. The van der Waals surface area contributed by atoms with Crippen LogP contribution < -0.4 is 10.1 Å². The zero-order valence-corrected chi connectivity index (χ0v) is 11.3. The van der Waals surface area contributed by atoms with Crippen LogP contribution in [0.2, 0.25) is 0 Å². The first kappa shape index (κ1) is 14.2. The molecule has 1 N–H and O–H groups in total. The summed E-state index contributed by atoms with van der Waals surface area (Å²) in [5, 5.41) is 2.96. The average molecular weight is 279 g/mol. The number of rotatable bonds is 5. The third-order valence-electron chi connectivity index (χ3n) is 2.69. The Labute approximate surface area is 115 Å². The SMILES string of the molecule is CCCNc1ncc(F)c(-c2cc(F)ccc2OC)n1. The van der Waals surface area contributed by atoms with Gasteiger partial charge in [-0.2, -0.15) is 0 Å². The van der Waals surface area contributed by atoms with Gasteiger partial charge in [-0.25, -0.2) is 18.7 Å². The molecule has 2 rings (SSSR count). The first-order valence-corrected chi connectivity index (χ1v) is 6.26. The fourth-order valence-corrected chi connectivity index (χ4v) is 1.74. The number of ether oxygens (including phenoxy) is 1. The lowest BCUT2D eigenvalue weighted by Crippen LogP contribution is -2.06. The molecule has 0 atom stereocenters. The molecule has 6 heteroatoms. The normalized spacial score (nSPS) is 10.4. The highest BCUT2D eigenvalue weighted by Crippen LogP contribution is 2.31. The Morgan fingerprint density at radius 1 is 1.30 bits per heavy atom. The number of methoxy groups -OCH3 is 1. The number of nitrogens with zero attached hydrogens (tertiary/aromatic N) is 2. The highest BCUT2D eigenvalue weighted by atomic mass is 19.1. The fourth-order valence-electron chi connectivity index (χ4n) is 1.74. The molecule has 20 heavy (non-hydrogen) atoms. The Hall–Kier alpha value is -2.24. The molecule has 106 valence electrons. The zero-order chi connectivity index (χ0) is 14.5. The maximum atomic E-state index is 13.9. The van der Waals surface area contributed by atoms with Gasteiger partial charge in [0.05, 0.1) is 13.3 Å². The van der Waals surface area contributed by atoms with Crippen LogP contribution in [0.4, 0.5) is 14.7 Å². The predicted octanol–water partition coefficient (Wildman–Crippen LogP) is 3.25. The lowest BCUT2D eigenvalue weighted by molar-refractivity contribution is 0.415. The number of anilines is 1. The quantitative estimate of drug-likeness (QED) is 0.912. The van der Waals surface area contributed by atoms with Crippen molar-refractivity contribution >= 4 is 5.95 Å². The van der Waals surface area contributed by atoms with Crippen molar-refractivity contribution in [2.24, 2.45) is 0 Å². The Morgan fingerprint density at radius 3 is 2.80 bits per heavy atom. The second-order valence-electron chi connectivity index (χ2n) is 4.16. The minimum atomic E-state index is -0.629. The lowest BCUT2D eigenvalue weighted by atomic mass is 10.1. The molecule has 0 aliphatic heterocycles. The van der Waals surface area contributed by atoms with Gasteiger partial charge in [0, 0.05) is 12.1 Å². The van der Waals surface area contributed by atoms with Gasteiger partial charge in [-0.1, -0.05) is 6.92 Å². The van der Waals surface area contributed by atoms with Gasteiger partial charge in [0.2, 0.25) is 5.95 Å². The molecule has 0 spiro atoms. The van der Waals surface area contributed by atoms with Crippen LogP contribution in [0, 0.1) is 11.6 Å². The van der Waals surface area contributed by atoms with E-state index in [1.807, 2.05) is 6.92 Å². The average Bonchev–Trinajstić information content (AvgIpc) is 2.46. The number of hydrogen-bond donors (Lipinski definition) is 1. The highest BCUT2D eigenvalue weighted by Gasteiger charge is 2.15. The smallest absolute Gasteiger partial charge is 0.223 e. The summed E-state index contributed by atoms with van der Waals surface area (Å²) in [4.78, 5) is 7.93. The molecule has 0 aliphatic carbocycles. The van der Waals surface area contributed by atoms with Crippen molar-refractivity contribution < 1.29 is 13.5 Å². The molecule has 0 amide bonds. The Balaban J connectivity index is 2.48. The summed E-state index contributed by atoms with van der Waals surface area (Å²) in [7, 11) is 1.44. The first-order chi connectivity index (χ1) is 9.65. The molecule has 0 bridgehead atoms. The molecule has 0 radical (unpaired) electrons. The summed E-state index contributed by atoms with van der Waals surface area (Å²) in [5.41, 5.74) is 0.266. The van der Waals surface area contributed by atoms with E-state index in [1.54, 1.807) is 0 Å². The molecule has 0 unspecified atom stereocenters. The molecular formula is C14H15F2N3O. The molecule has 0 fully saturated rings. The number of aromatic nitrogens is 2. The molecule has 0 saturated carbocycles. The van der Waals surface area contributed by atoms with E-state index >= 15 is 0 Å². The molecular weight excluding hydrogens is 264 g/mol. The van der Waals surface area contributed by atoms with Gasteiger partial charge in [0.25, 0.3) is 0 Å². The monoisotopic (exact) mass is 279 g/mol. The summed E-state index contributed by atoms with van der Waals surface area (Å²) in [6.07, 6.45) is 1.95. The van der Waals surface area contributed by atoms with Crippen LogP contribution in [0.1, 0.15) is 13.3 Å². The molecule has 0 aliphatic rings. The van der Waals surface area contributed by atoms with Crippen molar-refractivity contribution in [1.29, 1.82) is 0 Å². The summed E-state index contributed by atoms with van der Waals surface area (Å²) in [5.74, 6) is -0.460. The lowest BCUT2D eigenvalue weighted by Gasteiger charge is -2.10. The second-order valence-corrected chi connectivity index (χ2v) is 4.16. The van der Waals surface area contributed by atoms with E-state index in [9.17, 15) is 8.78 Å². The highest BCUT2D eigenvalue weighted by molar-refractivity contribution is 5.68. The van der Waals surface area contributed by atoms with E-state index in [0.29, 0.717) is 18.2 Å². The van der Waals surface area contributed by atoms with Gasteiger partial charge in [0.15, 0.2) is 5.82 Å². The van der Waals surface area contributed by atoms with Crippen LogP contribution in [0.25, 0.3) is 11.3 Å². The third kappa shape index (κ3) is 3.01. The maximum Gasteiger partial charge on any atom is 0.223 e. The van der Waals surface area contributed by atoms with Crippen molar-refractivity contribution in [3.05, 3.63) is 36.0 Å². The molecule has 0 saturated heterocycles. The first-order valence-electron chi connectivity index (χ1n) is 6.26. The van der Waals surface area contributed by atoms with Crippen LogP contribution in [0.3, 0.4) is 0 Å². The molecule has 2 aromatic rings. The molecule has 1 aromatic carbocycles. The zero-order valence-electron chi connectivity index (χ0n) is 11.3. The number of nitrogens with one attached hydrogen (secondary N) is 1. The van der Waals surface area contributed by atoms with Crippen molar-refractivity contribution in [2.75, 3.05) is 19.0 Å². The van der Waals surface area contributed by atoms with Crippen LogP contribution >= 0.6 is 0 Å². The number of halogens is 2. The minimum Gasteiger partial charge on any atom is -0.496 e. The van der Waals surface area contributed by atoms with Crippen molar-refractivity contribution in [2.45, 2.75) is 13.3 Å². The standard InChI is InChI=1S/C14H15F2N3O/c1-3-6-17-14-18-8-11(16)13(19-14)10-7-9(15)4-5-12(10)20-2/h4-5,7-8H,3,6H2,1-2H3,(H,17,18,19). The molecule has 1 heterocycles. The van der Waals surface area contributed by atoms with Crippen molar-refractivity contribution in [1.82, 2.24) is 9.97 Å². The van der Waals surface area contributed by atoms with E-state index in [4.69, 9.17) is 4.74 Å². The summed E-state index contributed by atoms with van der Waals surface area (Å²) in [6, 6.07) is 3.87. The number of benzene rings is 1. The van der Waals surface area contributed by atoms with Gasteiger partial charge >= 0.3 is 0 Å². The maximum absolute atomic E-state index is 13.9. The predicted molar refractivity (Wildman–Crippen MR) is 72.7 cm³/mol. The number of hydrogen-bond acceptors (Lipinski definition) is 4. The van der Waals surface area contributed by atoms with Gasteiger partial charge in [0.1, 0.15) is 17.3 Å². The fraction of sp³-hybridized carbons (Fsp3) is 0.286. The van der Waals surface area contributed by atoms with Crippen LogP contribution in [0.15, 0.2) is 24.4 Å². The van der Waals surface area contributed by atoms with Crippen LogP contribution in [-0.2, 0) is 0 Å². The summed E-state index contributed by atoms with van der Waals surface area (Å²) >= 11 is 0. The Kier molecular flexibility index (Phi) is 4.45. The van der Waals surface area contributed by atoms with Crippen molar-refractivity contribution in [3.63, 3.8) is 0 Å². The van der Waals surface area contributed by atoms with E-state index in [-0.39, 0.29) is 11.3 Å². The molecule has 1 aromatic heterocycles. The van der Waals surface area contributed by atoms with E-state index < -0.39 is 11.6 Å². The summed E-state index contributed by atoms with van der Waals surface area (Å²) in [6.45, 7) is 2.67. The Morgan fingerprint density at radius 2 is 2.10 bits per heavy atom. The van der Waals surface area contributed by atoms with Gasteiger partial charge in [-0.05, 0) is 24.6 Å². The minimum absolute atomic E-state index is 0.00922. The third-order valence-corrected chi connectivity index (χ3v) is 2.69. The van der Waals surface area contributed by atoms with Gasteiger partial charge in [-0.3, -0.25) is 0 Å². The largest absolute Gasteiger partial charge is 0.496 e. The molecule has 4 nitrogen and oxygen atoms in total. The van der Waals surface area contributed by atoms with E-state index in [0.717, 1.165) is 12.6 Å². The van der Waals surface area contributed by atoms with Gasteiger partial charge < -0.3 is 10.1 Å². The van der Waals surface area contributed by atoms with E-state index in [1.165, 1.54) is 25.3 Å². The van der Waals surface area contributed by atoms with Gasteiger partial charge in [-0.15, -0.1) is 0 Å². The van der Waals surface area contributed by atoms with Crippen LogP contribution in [-0.4, -0.2) is 23.6 Å².